The summed E-state index contributed by atoms with van der Waals surface area (Å²) in [6.45, 7) is 0. The van der Waals surface area contributed by atoms with Gasteiger partial charge in [0, 0.05) is 11.8 Å². The molecule has 2 aromatic carbocycles. The monoisotopic (exact) mass is 273 g/mol. The van der Waals surface area contributed by atoms with Crippen LogP contribution in [0.15, 0.2) is 48.5 Å². The lowest BCUT2D eigenvalue weighted by atomic mass is 10.3. The van der Waals surface area contributed by atoms with Gasteiger partial charge < -0.3 is 14.2 Å². The van der Waals surface area contributed by atoms with Crippen molar-refractivity contribution in [1.82, 2.24) is 0 Å². The van der Waals surface area contributed by atoms with Crippen molar-refractivity contribution in [3.05, 3.63) is 48.5 Å². The fourth-order valence-electron chi connectivity index (χ4n) is 1.65. The maximum Gasteiger partial charge on any atom is 0.417 e. The quantitative estimate of drug-likeness (QED) is 0.928. The number of carbonyl (C=O) groups excluding carboxylic acids is 1. The fourth-order valence-corrected chi connectivity index (χ4v) is 1.65. The van der Waals surface area contributed by atoms with Crippen LogP contribution in [0.25, 0.3) is 0 Å². The van der Waals surface area contributed by atoms with Crippen LogP contribution in [0.2, 0.25) is 0 Å². The number of para-hydroxylation sites is 1. The molecule has 104 valence electrons. The third-order valence-electron chi connectivity index (χ3n) is 2.58. The van der Waals surface area contributed by atoms with Crippen LogP contribution in [0.4, 0.5) is 10.5 Å². The van der Waals surface area contributed by atoms with Crippen molar-refractivity contribution in [3.63, 3.8) is 0 Å². The van der Waals surface area contributed by atoms with Gasteiger partial charge in [-0.05, 0) is 24.3 Å². The summed E-state index contributed by atoms with van der Waals surface area (Å²) in [6.07, 6.45) is -0.566. The van der Waals surface area contributed by atoms with Crippen LogP contribution in [0.1, 0.15) is 0 Å². The summed E-state index contributed by atoms with van der Waals surface area (Å²) in [7, 11) is 3.08. The van der Waals surface area contributed by atoms with Crippen LogP contribution < -0.4 is 19.5 Å². The molecule has 0 aliphatic carbocycles. The minimum absolute atomic E-state index is 0.477. The van der Waals surface area contributed by atoms with Crippen LogP contribution >= 0.6 is 0 Å². The first-order chi connectivity index (χ1) is 9.72. The van der Waals surface area contributed by atoms with Crippen molar-refractivity contribution in [2.75, 3.05) is 19.5 Å². The number of hydrogen-bond acceptors (Lipinski definition) is 4. The lowest BCUT2D eigenvalue weighted by Crippen LogP contribution is -2.16. The molecular weight excluding hydrogens is 258 g/mol. The second-order valence-electron chi connectivity index (χ2n) is 3.90. The van der Waals surface area contributed by atoms with E-state index in [0.717, 1.165) is 0 Å². The van der Waals surface area contributed by atoms with Gasteiger partial charge in [-0.3, -0.25) is 5.32 Å². The molecule has 0 unspecified atom stereocenters. The van der Waals surface area contributed by atoms with E-state index >= 15 is 0 Å². The van der Waals surface area contributed by atoms with E-state index in [-0.39, 0.29) is 0 Å². The fraction of sp³-hybridized carbons (Fsp3) is 0.133. The number of amides is 1. The summed E-state index contributed by atoms with van der Waals surface area (Å²) >= 11 is 0. The lowest BCUT2D eigenvalue weighted by molar-refractivity contribution is 0.215. The van der Waals surface area contributed by atoms with Crippen molar-refractivity contribution < 1.29 is 19.0 Å². The first-order valence-electron chi connectivity index (χ1n) is 5.99. The molecule has 0 fully saturated rings. The molecule has 20 heavy (non-hydrogen) atoms. The number of carbonyl (C=O) groups is 1. The van der Waals surface area contributed by atoms with Gasteiger partial charge in [-0.15, -0.1) is 0 Å². The van der Waals surface area contributed by atoms with Gasteiger partial charge in [0.2, 0.25) is 0 Å². The number of nitrogens with one attached hydrogen (secondary N) is 1. The Labute approximate surface area is 117 Å². The highest BCUT2D eigenvalue weighted by Crippen LogP contribution is 2.29. The molecular formula is C15H15NO4. The lowest BCUT2D eigenvalue weighted by Gasteiger charge is -2.10. The van der Waals surface area contributed by atoms with Crippen LogP contribution in [-0.4, -0.2) is 20.3 Å². The highest BCUT2D eigenvalue weighted by atomic mass is 16.6. The van der Waals surface area contributed by atoms with E-state index in [1.54, 1.807) is 49.6 Å². The second-order valence-corrected chi connectivity index (χ2v) is 3.90. The summed E-state index contributed by atoms with van der Waals surface area (Å²) in [5.74, 6) is 1.60. The normalized spacial score (nSPS) is 9.70. The van der Waals surface area contributed by atoms with E-state index < -0.39 is 6.09 Å². The van der Waals surface area contributed by atoms with Crippen molar-refractivity contribution in [2.45, 2.75) is 0 Å². The van der Waals surface area contributed by atoms with Crippen molar-refractivity contribution in [2.24, 2.45) is 0 Å². The van der Waals surface area contributed by atoms with Gasteiger partial charge in [-0.2, -0.15) is 0 Å². The van der Waals surface area contributed by atoms with Gasteiger partial charge in [0.05, 0.1) is 14.2 Å². The molecule has 0 aliphatic heterocycles. The molecule has 2 rings (SSSR count). The molecule has 0 atom stereocenters. The van der Waals surface area contributed by atoms with Gasteiger partial charge in [0.15, 0.2) is 11.5 Å². The third kappa shape index (κ3) is 3.41. The van der Waals surface area contributed by atoms with Crippen molar-refractivity contribution >= 4 is 11.8 Å². The maximum atomic E-state index is 11.7. The van der Waals surface area contributed by atoms with Gasteiger partial charge >= 0.3 is 6.09 Å². The van der Waals surface area contributed by atoms with E-state index in [4.69, 9.17) is 14.2 Å². The Morgan fingerprint density at radius 3 is 2.30 bits per heavy atom. The molecule has 5 heteroatoms. The summed E-state index contributed by atoms with van der Waals surface area (Å²) < 4.78 is 15.4. The second kappa shape index (κ2) is 6.47. The summed E-state index contributed by atoms with van der Waals surface area (Å²) in [4.78, 5) is 11.7. The van der Waals surface area contributed by atoms with Crippen LogP contribution in [0.5, 0.6) is 17.2 Å². The molecule has 0 aromatic heterocycles. The molecule has 0 saturated carbocycles. The van der Waals surface area contributed by atoms with Crippen molar-refractivity contribution in [1.29, 1.82) is 0 Å². The molecule has 0 bridgehead atoms. The summed E-state index contributed by atoms with van der Waals surface area (Å²) in [5, 5.41) is 2.62. The smallest absolute Gasteiger partial charge is 0.417 e. The molecule has 1 amide bonds. The largest absolute Gasteiger partial charge is 0.493 e. The third-order valence-corrected chi connectivity index (χ3v) is 2.58. The Hall–Kier alpha value is -2.69. The predicted octanol–water partition coefficient (Wildman–Crippen LogP) is 3.31. The highest BCUT2D eigenvalue weighted by molar-refractivity contribution is 5.86. The zero-order valence-electron chi connectivity index (χ0n) is 11.3. The number of benzene rings is 2. The van der Waals surface area contributed by atoms with E-state index in [1.165, 1.54) is 7.11 Å². The minimum atomic E-state index is -0.566. The van der Waals surface area contributed by atoms with Gasteiger partial charge in [0.25, 0.3) is 0 Å². The summed E-state index contributed by atoms with van der Waals surface area (Å²) in [6, 6.07) is 13.9. The topological polar surface area (TPSA) is 56.8 Å². The Bertz CT molecular complexity index is 584. The van der Waals surface area contributed by atoms with Crippen LogP contribution in [-0.2, 0) is 0 Å². The number of hydrogen-bond donors (Lipinski definition) is 1. The molecule has 5 nitrogen and oxygen atoms in total. The first kappa shape index (κ1) is 13.7. The molecule has 0 saturated heterocycles. The van der Waals surface area contributed by atoms with Gasteiger partial charge in [-0.25, -0.2) is 4.79 Å². The standard InChI is InChI=1S/C15H15NO4/c1-18-13-9-8-11(10-14(13)19-2)16-15(17)20-12-6-4-3-5-7-12/h3-10H,1-2H3,(H,16,17). The molecule has 0 aliphatic rings. The number of anilines is 1. The molecule has 0 heterocycles. The molecule has 0 radical (unpaired) electrons. The SMILES string of the molecule is COc1ccc(NC(=O)Oc2ccccc2)cc1OC. The van der Waals surface area contributed by atoms with E-state index in [9.17, 15) is 4.79 Å². The maximum absolute atomic E-state index is 11.7. The summed E-state index contributed by atoms with van der Waals surface area (Å²) in [5.41, 5.74) is 0.559. The molecule has 1 N–H and O–H groups in total. The van der Waals surface area contributed by atoms with Gasteiger partial charge in [0.1, 0.15) is 5.75 Å². The van der Waals surface area contributed by atoms with E-state index in [1.807, 2.05) is 6.07 Å². The predicted molar refractivity (Wildman–Crippen MR) is 75.6 cm³/mol. The Kier molecular flexibility index (Phi) is 4.44. The number of ether oxygens (including phenoxy) is 3. The van der Waals surface area contributed by atoms with E-state index in [0.29, 0.717) is 22.9 Å². The van der Waals surface area contributed by atoms with Crippen LogP contribution in [0, 0.1) is 0 Å². The Balaban J connectivity index is 2.04. The van der Waals surface area contributed by atoms with Gasteiger partial charge in [-0.1, -0.05) is 18.2 Å². The average molecular weight is 273 g/mol. The molecule has 0 spiro atoms. The highest BCUT2D eigenvalue weighted by Gasteiger charge is 2.08. The Morgan fingerprint density at radius 1 is 0.950 bits per heavy atom. The minimum Gasteiger partial charge on any atom is -0.493 e. The van der Waals surface area contributed by atoms with Crippen LogP contribution in [0.3, 0.4) is 0 Å². The zero-order chi connectivity index (χ0) is 14.4. The number of methoxy groups -OCH3 is 2. The van der Waals surface area contributed by atoms with Crippen molar-refractivity contribution in [3.8, 4) is 17.2 Å². The molecule has 2 aromatic rings. The van der Waals surface area contributed by atoms with E-state index in [2.05, 4.69) is 5.32 Å². The Morgan fingerprint density at radius 2 is 1.65 bits per heavy atom. The zero-order valence-corrected chi connectivity index (χ0v) is 11.3. The first-order valence-corrected chi connectivity index (χ1v) is 5.99. The number of rotatable bonds is 4. The average Bonchev–Trinajstić information content (AvgIpc) is 2.48.